The topological polar surface area (TPSA) is 56.5 Å². The number of nitrogens with zero attached hydrogens (tertiary/aromatic N) is 2. The van der Waals surface area contributed by atoms with Gasteiger partial charge in [-0.05, 0) is 12.1 Å². The Morgan fingerprint density at radius 1 is 1.59 bits per heavy atom. The van der Waals surface area contributed by atoms with Crippen molar-refractivity contribution in [3.63, 3.8) is 0 Å². The molecule has 0 aliphatic carbocycles. The highest BCUT2D eigenvalue weighted by Crippen LogP contribution is 2.25. The molecule has 0 unspecified atom stereocenters. The van der Waals surface area contributed by atoms with Crippen LogP contribution in [-0.4, -0.2) is 31.9 Å². The average molecular weight is 232 g/mol. The van der Waals surface area contributed by atoms with Gasteiger partial charge in [0.25, 0.3) is 0 Å². The molecule has 0 fully saturated rings. The van der Waals surface area contributed by atoms with Crippen molar-refractivity contribution in [2.24, 2.45) is 0 Å². The molecule has 0 radical (unpaired) electrons. The highest BCUT2D eigenvalue weighted by Gasteiger charge is 2.11. The van der Waals surface area contributed by atoms with Gasteiger partial charge in [-0.3, -0.25) is 0 Å². The van der Waals surface area contributed by atoms with Crippen molar-refractivity contribution in [1.29, 1.82) is 5.26 Å². The van der Waals surface area contributed by atoms with Crippen LogP contribution in [0.25, 0.3) is 0 Å². The van der Waals surface area contributed by atoms with E-state index in [9.17, 15) is 0 Å². The van der Waals surface area contributed by atoms with Gasteiger partial charge in [0, 0.05) is 19.2 Å². The third-order valence-corrected chi connectivity index (χ3v) is 2.39. The summed E-state index contributed by atoms with van der Waals surface area (Å²) in [5.41, 5.74) is 1.31. The van der Waals surface area contributed by atoms with Crippen LogP contribution in [0.2, 0.25) is 0 Å². The minimum Gasteiger partial charge on any atom is -0.497 e. The Hall–Kier alpha value is -1.99. The van der Waals surface area contributed by atoms with Crippen molar-refractivity contribution in [3.05, 3.63) is 36.4 Å². The predicted molar refractivity (Wildman–Crippen MR) is 67.2 cm³/mol. The van der Waals surface area contributed by atoms with E-state index in [1.807, 2.05) is 4.90 Å². The Bertz CT molecular complexity index is 424. The van der Waals surface area contributed by atoms with Crippen molar-refractivity contribution in [2.75, 3.05) is 31.7 Å². The molecular weight excluding hydrogens is 216 g/mol. The highest BCUT2D eigenvalue weighted by atomic mass is 16.5. The largest absolute Gasteiger partial charge is 0.497 e. The average Bonchev–Trinajstić information content (AvgIpc) is 2.37. The highest BCUT2D eigenvalue weighted by molar-refractivity contribution is 5.62. The number of aliphatic hydroxyl groups excluding tert-OH is 1. The Labute approximate surface area is 101 Å². The fraction of sp³-hybridized carbons (Fsp3) is 0.308. The lowest BCUT2D eigenvalue weighted by molar-refractivity contribution is 0.303. The van der Waals surface area contributed by atoms with E-state index >= 15 is 0 Å². The van der Waals surface area contributed by atoms with E-state index in [-0.39, 0.29) is 6.61 Å². The van der Waals surface area contributed by atoms with Crippen LogP contribution in [0.4, 0.5) is 5.69 Å². The van der Waals surface area contributed by atoms with Crippen molar-refractivity contribution in [1.82, 2.24) is 0 Å². The molecule has 0 aromatic heterocycles. The van der Waals surface area contributed by atoms with Crippen LogP contribution in [0.5, 0.6) is 5.75 Å². The lowest BCUT2D eigenvalue weighted by atomic mass is 10.1. The van der Waals surface area contributed by atoms with Crippen LogP contribution in [-0.2, 0) is 0 Å². The lowest BCUT2D eigenvalue weighted by Crippen LogP contribution is -2.27. The van der Waals surface area contributed by atoms with Crippen LogP contribution >= 0.6 is 0 Å². The van der Waals surface area contributed by atoms with Gasteiger partial charge in [-0.25, -0.2) is 0 Å². The predicted octanol–water partition coefficient (Wildman–Crippen LogP) is 1.55. The molecule has 0 atom stereocenters. The van der Waals surface area contributed by atoms with Gasteiger partial charge < -0.3 is 14.7 Å². The maximum atomic E-state index is 9.06. The molecule has 1 aromatic rings. The summed E-state index contributed by atoms with van der Waals surface area (Å²) in [5.74, 6) is 0.686. The van der Waals surface area contributed by atoms with Gasteiger partial charge in [0.05, 0.1) is 25.0 Å². The monoisotopic (exact) mass is 232 g/mol. The van der Waals surface area contributed by atoms with E-state index in [1.165, 1.54) is 0 Å². The van der Waals surface area contributed by atoms with Gasteiger partial charge in [0.2, 0.25) is 0 Å². The maximum Gasteiger partial charge on any atom is 0.121 e. The van der Waals surface area contributed by atoms with Gasteiger partial charge in [0.15, 0.2) is 0 Å². The molecule has 1 N–H and O–H groups in total. The second-order valence-corrected chi connectivity index (χ2v) is 3.45. The zero-order valence-electron chi connectivity index (χ0n) is 9.89. The van der Waals surface area contributed by atoms with Gasteiger partial charge in [-0.15, -0.1) is 6.58 Å². The summed E-state index contributed by atoms with van der Waals surface area (Å²) in [5, 5.41) is 18.1. The fourth-order valence-corrected chi connectivity index (χ4v) is 1.58. The first-order valence-corrected chi connectivity index (χ1v) is 5.31. The molecule has 0 saturated heterocycles. The summed E-state index contributed by atoms with van der Waals surface area (Å²) in [4.78, 5) is 1.88. The van der Waals surface area contributed by atoms with Crippen LogP contribution in [0.1, 0.15) is 5.56 Å². The van der Waals surface area contributed by atoms with E-state index in [1.54, 1.807) is 31.4 Å². The molecule has 17 heavy (non-hydrogen) atoms. The number of methoxy groups -OCH3 is 1. The minimum atomic E-state index is 0.0237. The third kappa shape index (κ3) is 3.23. The van der Waals surface area contributed by atoms with Gasteiger partial charge in [-0.2, -0.15) is 5.26 Å². The van der Waals surface area contributed by atoms with E-state index in [0.29, 0.717) is 24.4 Å². The first-order chi connectivity index (χ1) is 8.26. The standard InChI is InChI=1S/C13H16N2O2/c1-3-6-15(7-8-16)13-9-12(17-2)5-4-11(13)10-14/h3-5,9,16H,1,6-8H2,2H3. The van der Waals surface area contributed by atoms with Crippen LogP contribution in [0, 0.1) is 11.3 Å². The number of hydrogen-bond donors (Lipinski definition) is 1. The van der Waals surface area contributed by atoms with E-state index < -0.39 is 0 Å². The first kappa shape index (κ1) is 13.1. The molecule has 1 rings (SSSR count). The smallest absolute Gasteiger partial charge is 0.121 e. The van der Waals surface area contributed by atoms with Gasteiger partial charge in [-0.1, -0.05) is 6.08 Å². The third-order valence-electron chi connectivity index (χ3n) is 2.39. The van der Waals surface area contributed by atoms with Crippen molar-refractivity contribution >= 4 is 5.69 Å². The Morgan fingerprint density at radius 2 is 2.35 bits per heavy atom. The molecule has 0 bridgehead atoms. The summed E-state index contributed by atoms with van der Waals surface area (Å²) in [6.07, 6.45) is 1.73. The fourth-order valence-electron chi connectivity index (χ4n) is 1.58. The molecular formula is C13H16N2O2. The van der Waals surface area contributed by atoms with E-state index in [0.717, 1.165) is 5.69 Å². The molecule has 0 aliphatic rings. The summed E-state index contributed by atoms with van der Waals surface area (Å²) in [6, 6.07) is 7.37. The first-order valence-electron chi connectivity index (χ1n) is 5.31. The molecule has 0 amide bonds. The normalized spacial score (nSPS) is 9.47. The summed E-state index contributed by atoms with van der Waals surface area (Å²) in [6.45, 7) is 4.72. The zero-order chi connectivity index (χ0) is 12.7. The second kappa shape index (κ2) is 6.56. The molecule has 0 spiro atoms. The molecule has 0 saturated carbocycles. The van der Waals surface area contributed by atoms with Gasteiger partial charge >= 0.3 is 0 Å². The van der Waals surface area contributed by atoms with Crippen LogP contribution in [0.15, 0.2) is 30.9 Å². The Kier molecular flexibility index (Phi) is 5.05. The second-order valence-electron chi connectivity index (χ2n) is 3.45. The van der Waals surface area contributed by atoms with Crippen molar-refractivity contribution in [2.45, 2.75) is 0 Å². The molecule has 90 valence electrons. The maximum absolute atomic E-state index is 9.06. The molecule has 0 aliphatic heterocycles. The number of ether oxygens (including phenoxy) is 1. The van der Waals surface area contributed by atoms with Crippen molar-refractivity contribution in [3.8, 4) is 11.8 Å². The number of aliphatic hydroxyl groups is 1. The molecule has 1 aromatic carbocycles. The van der Waals surface area contributed by atoms with E-state index in [2.05, 4.69) is 12.6 Å². The number of rotatable bonds is 6. The summed E-state index contributed by atoms with van der Waals surface area (Å²) >= 11 is 0. The molecule has 4 nitrogen and oxygen atoms in total. The Morgan fingerprint density at radius 3 is 2.88 bits per heavy atom. The minimum absolute atomic E-state index is 0.0237. The number of hydrogen-bond acceptors (Lipinski definition) is 4. The van der Waals surface area contributed by atoms with Crippen LogP contribution < -0.4 is 9.64 Å². The van der Waals surface area contributed by atoms with E-state index in [4.69, 9.17) is 15.1 Å². The van der Waals surface area contributed by atoms with Crippen molar-refractivity contribution < 1.29 is 9.84 Å². The number of nitriles is 1. The molecule has 0 heterocycles. The SMILES string of the molecule is C=CCN(CCO)c1cc(OC)ccc1C#N. The number of benzene rings is 1. The van der Waals surface area contributed by atoms with Gasteiger partial charge in [0.1, 0.15) is 11.8 Å². The summed E-state index contributed by atoms with van der Waals surface area (Å²) in [7, 11) is 1.58. The summed E-state index contributed by atoms with van der Waals surface area (Å²) < 4.78 is 5.14. The molecule has 4 heteroatoms. The number of anilines is 1. The zero-order valence-corrected chi connectivity index (χ0v) is 9.89. The quantitative estimate of drug-likeness (QED) is 0.756. The van der Waals surface area contributed by atoms with Crippen LogP contribution in [0.3, 0.4) is 0 Å². The lowest BCUT2D eigenvalue weighted by Gasteiger charge is -2.23. The Balaban J connectivity index is 3.14.